The molecule has 0 aliphatic heterocycles. The molecule has 0 N–H and O–H groups in total. The Bertz CT molecular complexity index is 523. The molecule has 0 aromatic heterocycles. The number of carbonyl (C=O) groups excluding carboxylic acids is 2. The van der Waals surface area contributed by atoms with Crippen molar-refractivity contribution in [2.45, 2.75) is 71.5 Å². The fourth-order valence-corrected chi connectivity index (χ4v) is 3.14. The molecule has 0 fully saturated rings. The number of unbranched alkanes of at least 4 members (excludes halogenated alkanes) is 1. The number of esters is 2. The molecule has 6 nitrogen and oxygen atoms in total. The molecule has 0 heterocycles. The van der Waals surface area contributed by atoms with Gasteiger partial charge in [-0.3, -0.25) is 4.79 Å². The highest BCUT2D eigenvalue weighted by molar-refractivity contribution is 7.90. The van der Waals surface area contributed by atoms with Crippen molar-refractivity contribution in [3.8, 4) is 0 Å². The smallest absolute Gasteiger partial charge is 0.334 e. The molecule has 2 unspecified atom stereocenters. The molecule has 7 heteroatoms. The van der Waals surface area contributed by atoms with Crippen molar-refractivity contribution in [3.05, 3.63) is 12.2 Å². The molecule has 0 rings (SSSR count). The first-order valence-electron chi connectivity index (χ1n) is 8.35. The van der Waals surface area contributed by atoms with Crippen molar-refractivity contribution < 1.29 is 27.5 Å². The van der Waals surface area contributed by atoms with Gasteiger partial charge in [0.15, 0.2) is 9.84 Å². The summed E-state index contributed by atoms with van der Waals surface area (Å²) in [6.45, 7) is 9.10. The highest BCUT2D eigenvalue weighted by Crippen LogP contribution is 2.14. The number of rotatable bonds is 12. The number of hydrogen-bond acceptors (Lipinski definition) is 6. The van der Waals surface area contributed by atoms with E-state index in [2.05, 4.69) is 13.5 Å². The average Bonchev–Trinajstić information content (AvgIpc) is 2.42. The Balaban J connectivity index is 4.41. The highest BCUT2D eigenvalue weighted by atomic mass is 32.2. The monoisotopic (exact) mass is 362 g/mol. The standard InChI is InChI=1S/C17H30O6S/c1-6-8-10-15(9-7-2)23-16(18)11-13(3)17(19)22-14(4)12-24(5,20)21/h14-15H,3,6-12H2,1-2,4-5H3. The molecule has 0 saturated heterocycles. The molecule has 0 spiro atoms. The maximum absolute atomic E-state index is 11.9. The zero-order valence-electron chi connectivity index (χ0n) is 15.2. The fourth-order valence-electron chi connectivity index (χ4n) is 2.22. The van der Waals surface area contributed by atoms with E-state index >= 15 is 0 Å². The maximum Gasteiger partial charge on any atom is 0.334 e. The molecule has 0 radical (unpaired) electrons. The molecule has 140 valence electrons. The minimum absolute atomic E-state index is 0.0360. The molecule has 0 bridgehead atoms. The Labute approximate surface area is 145 Å². The summed E-state index contributed by atoms with van der Waals surface area (Å²) in [6.07, 6.45) is 4.37. The summed E-state index contributed by atoms with van der Waals surface area (Å²) in [7, 11) is -3.25. The quantitative estimate of drug-likeness (QED) is 0.392. The zero-order chi connectivity index (χ0) is 18.8. The maximum atomic E-state index is 11.9. The molecular weight excluding hydrogens is 332 g/mol. The second-order valence-electron chi connectivity index (χ2n) is 6.13. The van der Waals surface area contributed by atoms with Gasteiger partial charge in [0.25, 0.3) is 0 Å². The van der Waals surface area contributed by atoms with E-state index in [9.17, 15) is 18.0 Å². The van der Waals surface area contributed by atoms with Gasteiger partial charge in [-0.2, -0.15) is 0 Å². The van der Waals surface area contributed by atoms with Gasteiger partial charge < -0.3 is 9.47 Å². The van der Waals surface area contributed by atoms with Crippen LogP contribution in [-0.4, -0.2) is 44.6 Å². The van der Waals surface area contributed by atoms with Gasteiger partial charge in [-0.05, 0) is 19.8 Å². The van der Waals surface area contributed by atoms with Crippen LogP contribution in [0.5, 0.6) is 0 Å². The largest absolute Gasteiger partial charge is 0.462 e. The van der Waals surface area contributed by atoms with E-state index in [1.807, 2.05) is 6.92 Å². The summed E-state index contributed by atoms with van der Waals surface area (Å²) in [5, 5.41) is 0. The van der Waals surface area contributed by atoms with Crippen LogP contribution in [-0.2, 0) is 28.9 Å². The molecule has 0 aromatic rings. The summed E-state index contributed by atoms with van der Waals surface area (Å²) in [4.78, 5) is 23.8. The van der Waals surface area contributed by atoms with E-state index < -0.39 is 27.9 Å². The lowest BCUT2D eigenvalue weighted by atomic mass is 10.1. The summed E-state index contributed by atoms with van der Waals surface area (Å²) in [5.41, 5.74) is -0.0360. The van der Waals surface area contributed by atoms with Gasteiger partial charge in [0.1, 0.15) is 12.2 Å². The van der Waals surface area contributed by atoms with E-state index in [-0.39, 0.29) is 23.9 Å². The number of sulfone groups is 1. The third-order valence-corrected chi connectivity index (χ3v) is 4.36. The van der Waals surface area contributed by atoms with E-state index in [0.29, 0.717) is 0 Å². The molecule has 0 aliphatic carbocycles. The van der Waals surface area contributed by atoms with Gasteiger partial charge in [0, 0.05) is 11.8 Å². The van der Waals surface area contributed by atoms with Crippen LogP contribution in [0.3, 0.4) is 0 Å². The molecule has 0 aromatic carbocycles. The number of hydrogen-bond donors (Lipinski definition) is 0. The molecule has 0 amide bonds. The number of ether oxygens (including phenoxy) is 2. The van der Waals surface area contributed by atoms with Crippen molar-refractivity contribution in [3.63, 3.8) is 0 Å². The summed E-state index contributed by atoms with van der Waals surface area (Å²) >= 11 is 0. The van der Waals surface area contributed by atoms with Gasteiger partial charge in [-0.15, -0.1) is 0 Å². The SMILES string of the molecule is C=C(CC(=O)OC(CCC)CCCC)C(=O)OC(C)CS(C)(=O)=O. The van der Waals surface area contributed by atoms with E-state index in [1.54, 1.807) is 0 Å². The van der Waals surface area contributed by atoms with E-state index in [1.165, 1.54) is 6.92 Å². The first-order valence-corrected chi connectivity index (χ1v) is 10.4. The third-order valence-electron chi connectivity index (χ3n) is 3.28. The Hall–Kier alpha value is -1.37. The van der Waals surface area contributed by atoms with Crippen molar-refractivity contribution in [1.82, 2.24) is 0 Å². The van der Waals surface area contributed by atoms with Gasteiger partial charge in [-0.25, -0.2) is 13.2 Å². The van der Waals surface area contributed by atoms with Crippen molar-refractivity contribution in [2.24, 2.45) is 0 Å². The minimum atomic E-state index is -3.25. The van der Waals surface area contributed by atoms with Crippen LogP contribution in [0.1, 0.15) is 59.3 Å². The van der Waals surface area contributed by atoms with Crippen LogP contribution in [0.2, 0.25) is 0 Å². The van der Waals surface area contributed by atoms with E-state index in [0.717, 1.165) is 38.4 Å². The summed E-state index contributed by atoms with van der Waals surface area (Å²) in [5.74, 6) is -1.56. The van der Waals surface area contributed by atoms with Crippen LogP contribution < -0.4 is 0 Å². The summed E-state index contributed by atoms with van der Waals surface area (Å²) in [6, 6.07) is 0. The molecule has 0 saturated carbocycles. The van der Waals surface area contributed by atoms with Gasteiger partial charge in [0.2, 0.25) is 0 Å². The molecular formula is C17H30O6S. The first kappa shape index (κ1) is 22.6. The minimum Gasteiger partial charge on any atom is -0.462 e. The highest BCUT2D eigenvalue weighted by Gasteiger charge is 2.21. The summed E-state index contributed by atoms with van der Waals surface area (Å²) < 4.78 is 32.7. The van der Waals surface area contributed by atoms with Crippen LogP contribution in [0.4, 0.5) is 0 Å². The van der Waals surface area contributed by atoms with Gasteiger partial charge in [0.05, 0.1) is 12.2 Å². The Morgan fingerprint density at radius 2 is 1.71 bits per heavy atom. The second kappa shape index (κ2) is 11.2. The Morgan fingerprint density at radius 1 is 1.08 bits per heavy atom. The van der Waals surface area contributed by atoms with Crippen molar-refractivity contribution in [1.29, 1.82) is 0 Å². The molecule has 0 aliphatic rings. The fraction of sp³-hybridized carbons (Fsp3) is 0.765. The van der Waals surface area contributed by atoms with Gasteiger partial charge in [-0.1, -0.05) is 39.7 Å². The van der Waals surface area contributed by atoms with Crippen molar-refractivity contribution in [2.75, 3.05) is 12.0 Å². The lowest BCUT2D eigenvalue weighted by Gasteiger charge is -2.18. The first-order chi connectivity index (χ1) is 11.1. The van der Waals surface area contributed by atoms with Crippen LogP contribution in [0.25, 0.3) is 0 Å². The van der Waals surface area contributed by atoms with Crippen LogP contribution in [0, 0.1) is 0 Å². The average molecular weight is 362 g/mol. The number of carbonyl (C=O) groups is 2. The third kappa shape index (κ3) is 11.2. The Kier molecular flexibility index (Phi) is 10.6. The predicted molar refractivity (Wildman–Crippen MR) is 93.3 cm³/mol. The topological polar surface area (TPSA) is 86.7 Å². The molecule has 2 atom stereocenters. The molecule has 24 heavy (non-hydrogen) atoms. The van der Waals surface area contributed by atoms with Gasteiger partial charge >= 0.3 is 11.9 Å². The van der Waals surface area contributed by atoms with Crippen LogP contribution in [0.15, 0.2) is 12.2 Å². The van der Waals surface area contributed by atoms with Crippen LogP contribution >= 0.6 is 0 Å². The van der Waals surface area contributed by atoms with E-state index in [4.69, 9.17) is 9.47 Å². The zero-order valence-corrected chi connectivity index (χ0v) is 16.0. The Morgan fingerprint density at radius 3 is 2.21 bits per heavy atom. The van der Waals surface area contributed by atoms with Crippen molar-refractivity contribution >= 4 is 21.8 Å². The lowest BCUT2D eigenvalue weighted by molar-refractivity contribution is -0.151. The second-order valence-corrected chi connectivity index (χ2v) is 8.32. The normalized spacial score (nSPS) is 13.8. The lowest BCUT2D eigenvalue weighted by Crippen LogP contribution is -2.25. The predicted octanol–water partition coefficient (Wildman–Crippen LogP) is 2.81.